The molecule has 2 N–H and O–H groups in total. The number of nitrogens with one attached hydrogen (secondary N) is 1. The van der Waals surface area contributed by atoms with Crippen LogP contribution < -0.4 is 5.32 Å². The van der Waals surface area contributed by atoms with E-state index in [-0.39, 0.29) is 17.9 Å². The summed E-state index contributed by atoms with van der Waals surface area (Å²) in [6.45, 7) is 5.62. The Balaban J connectivity index is 1.77. The van der Waals surface area contributed by atoms with Crippen LogP contribution in [0.3, 0.4) is 0 Å². The smallest absolute Gasteiger partial charge is 0.255 e. The lowest BCUT2D eigenvalue weighted by atomic mass is 10.00. The van der Waals surface area contributed by atoms with Gasteiger partial charge in [-0.1, -0.05) is 12.1 Å². The zero-order chi connectivity index (χ0) is 15.0. The van der Waals surface area contributed by atoms with Crippen molar-refractivity contribution in [3.05, 3.63) is 29.8 Å². The summed E-state index contributed by atoms with van der Waals surface area (Å²) >= 11 is 0. The fraction of sp³-hybridized carbons (Fsp3) is 0.588. The van der Waals surface area contributed by atoms with Gasteiger partial charge in [-0.25, -0.2) is 0 Å². The quantitative estimate of drug-likeness (QED) is 0.897. The number of benzene rings is 1. The summed E-state index contributed by atoms with van der Waals surface area (Å²) in [7, 11) is 0. The average molecular weight is 288 g/mol. The molecule has 2 fully saturated rings. The summed E-state index contributed by atoms with van der Waals surface area (Å²) in [5.41, 5.74) is 1.63. The summed E-state index contributed by atoms with van der Waals surface area (Å²) in [6, 6.07) is 7.99. The van der Waals surface area contributed by atoms with E-state index >= 15 is 0 Å². The van der Waals surface area contributed by atoms with Crippen molar-refractivity contribution in [2.24, 2.45) is 11.8 Å². The van der Waals surface area contributed by atoms with Gasteiger partial charge in [-0.3, -0.25) is 4.79 Å². The molecule has 21 heavy (non-hydrogen) atoms. The lowest BCUT2D eigenvalue weighted by Crippen LogP contribution is -2.31. The van der Waals surface area contributed by atoms with Gasteiger partial charge in [-0.05, 0) is 44.7 Å². The predicted octanol–water partition coefficient (Wildman–Crippen LogP) is 2.35. The molecule has 0 aromatic heterocycles. The van der Waals surface area contributed by atoms with Gasteiger partial charge >= 0.3 is 0 Å². The van der Waals surface area contributed by atoms with Crippen molar-refractivity contribution < 1.29 is 9.90 Å². The minimum Gasteiger partial charge on any atom is -0.393 e. The minimum atomic E-state index is -0.225. The van der Waals surface area contributed by atoms with Crippen LogP contribution in [0, 0.1) is 11.8 Å². The van der Waals surface area contributed by atoms with Crippen LogP contribution in [0.15, 0.2) is 24.3 Å². The van der Waals surface area contributed by atoms with E-state index in [0.717, 1.165) is 30.6 Å². The highest BCUT2D eigenvalue weighted by molar-refractivity contribution is 5.99. The first-order chi connectivity index (χ1) is 10.1. The van der Waals surface area contributed by atoms with Crippen molar-refractivity contribution in [2.75, 3.05) is 18.4 Å². The molecule has 3 unspecified atom stereocenters. The van der Waals surface area contributed by atoms with Crippen molar-refractivity contribution in [1.82, 2.24) is 4.90 Å². The molecule has 3 atom stereocenters. The average Bonchev–Trinajstić information content (AvgIpc) is 3.01. The first-order valence-corrected chi connectivity index (χ1v) is 7.89. The van der Waals surface area contributed by atoms with Crippen molar-refractivity contribution in [3.63, 3.8) is 0 Å². The van der Waals surface area contributed by atoms with Gasteiger partial charge in [0.15, 0.2) is 0 Å². The molecule has 1 saturated carbocycles. The molecule has 4 nitrogen and oxygen atoms in total. The Morgan fingerprint density at radius 1 is 1.29 bits per heavy atom. The first-order valence-electron chi connectivity index (χ1n) is 7.89. The molecule has 1 aliphatic carbocycles. The Kier molecular flexibility index (Phi) is 3.89. The second-order valence-corrected chi connectivity index (χ2v) is 6.62. The summed E-state index contributed by atoms with van der Waals surface area (Å²) in [5.74, 6) is 0.841. The van der Waals surface area contributed by atoms with Gasteiger partial charge in [0.2, 0.25) is 0 Å². The lowest BCUT2D eigenvalue weighted by molar-refractivity contribution is 0.0753. The van der Waals surface area contributed by atoms with Gasteiger partial charge in [-0.2, -0.15) is 0 Å². The van der Waals surface area contributed by atoms with Crippen LogP contribution in [0.25, 0.3) is 0 Å². The number of hydrogen-bond acceptors (Lipinski definition) is 3. The van der Waals surface area contributed by atoms with Crippen LogP contribution in [-0.2, 0) is 0 Å². The molecule has 1 aromatic carbocycles. The number of aliphatic hydroxyl groups excluding tert-OH is 1. The number of carbonyl (C=O) groups is 1. The second kappa shape index (κ2) is 5.68. The molecule has 2 aliphatic rings. The molecule has 1 amide bonds. The maximum Gasteiger partial charge on any atom is 0.255 e. The van der Waals surface area contributed by atoms with E-state index in [9.17, 15) is 9.90 Å². The van der Waals surface area contributed by atoms with Crippen molar-refractivity contribution in [3.8, 4) is 0 Å². The van der Waals surface area contributed by atoms with E-state index in [1.54, 1.807) is 0 Å². The van der Waals surface area contributed by atoms with E-state index in [0.29, 0.717) is 18.5 Å². The van der Waals surface area contributed by atoms with Crippen LogP contribution in [0.2, 0.25) is 0 Å². The van der Waals surface area contributed by atoms with E-state index in [4.69, 9.17) is 0 Å². The molecular weight excluding hydrogens is 264 g/mol. The van der Waals surface area contributed by atoms with Crippen molar-refractivity contribution in [1.29, 1.82) is 0 Å². The monoisotopic (exact) mass is 288 g/mol. The number of carbonyl (C=O) groups excluding carboxylic acids is 1. The van der Waals surface area contributed by atoms with Crippen LogP contribution in [-0.4, -0.2) is 41.1 Å². The van der Waals surface area contributed by atoms with Gasteiger partial charge < -0.3 is 15.3 Å². The van der Waals surface area contributed by atoms with Gasteiger partial charge in [0.1, 0.15) is 0 Å². The van der Waals surface area contributed by atoms with E-state index in [1.807, 2.05) is 29.2 Å². The second-order valence-electron chi connectivity index (χ2n) is 6.62. The Hall–Kier alpha value is -1.55. The van der Waals surface area contributed by atoms with Gasteiger partial charge in [0.25, 0.3) is 5.91 Å². The fourth-order valence-corrected chi connectivity index (χ4v) is 3.68. The Morgan fingerprint density at radius 2 is 2.05 bits per heavy atom. The van der Waals surface area contributed by atoms with Gasteiger partial charge in [-0.15, -0.1) is 0 Å². The van der Waals surface area contributed by atoms with Crippen LogP contribution in [0.5, 0.6) is 0 Å². The van der Waals surface area contributed by atoms with Gasteiger partial charge in [0, 0.05) is 30.7 Å². The fourth-order valence-electron chi connectivity index (χ4n) is 3.68. The van der Waals surface area contributed by atoms with Gasteiger partial charge in [0.05, 0.1) is 11.7 Å². The lowest BCUT2D eigenvalue weighted by Gasteiger charge is -2.21. The first kappa shape index (κ1) is 14.4. The number of nitrogens with zero attached hydrogens (tertiary/aromatic N) is 1. The summed E-state index contributed by atoms with van der Waals surface area (Å²) < 4.78 is 0. The molecule has 1 heterocycles. The standard InChI is InChI=1S/C17H24N2O2/c1-11(2)18-15-6-4-3-5-13(15)17(21)19-9-12-7-8-16(20)14(12)10-19/h3-6,11-12,14,16,18,20H,7-10H2,1-2H3. The minimum absolute atomic E-state index is 0.0837. The zero-order valence-corrected chi connectivity index (χ0v) is 12.7. The summed E-state index contributed by atoms with van der Waals surface area (Å²) in [5, 5.41) is 13.3. The molecule has 4 heteroatoms. The predicted molar refractivity (Wildman–Crippen MR) is 83.3 cm³/mol. The molecule has 114 valence electrons. The van der Waals surface area contributed by atoms with E-state index in [1.165, 1.54) is 0 Å². The largest absolute Gasteiger partial charge is 0.393 e. The number of fused-ring (bicyclic) bond motifs is 1. The number of anilines is 1. The zero-order valence-electron chi connectivity index (χ0n) is 12.7. The molecule has 0 spiro atoms. The maximum atomic E-state index is 12.8. The third-order valence-corrected chi connectivity index (χ3v) is 4.71. The highest BCUT2D eigenvalue weighted by atomic mass is 16.3. The van der Waals surface area contributed by atoms with Crippen molar-refractivity contribution >= 4 is 11.6 Å². The summed E-state index contributed by atoms with van der Waals surface area (Å²) in [4.78, 5) is 14.7. The number of para-hydroxylation sites is 1. The molecule has 1 aromatic rings. The normalized spacial score (nSPS) is 28.0. The Bertz CT molecular complexity index is 529. The third kappa shape index (κ3) is 2.77. The summed E-state index contributed by atoms with van der Waals surface area (Å²) in [6.07, 6.45) is 1.71. The van der Waals surface area contributed by atoms with Crippen molar-refractivity contribution in [2.45, 2.75) is 38.8 Å². The highest BCUT2D eigenvalue weighted by Gasteiger charge is 2.43. The molecule has 0 bridgehead atoms. The Labute approximate surface area is 126 Å². The van der Waals surface area contributed by atoms with Crippen LogP contribution >= 0.6 is 0 Å². The highest BCUT2D eigenvalue weighted by Crippen LogP contribution is 2.38. The topological polar surface area (TPSA) is 52.6 Å². The number of aliphatic hydroxyl groups is 1. The third-order valence-electron chi connectivity index (χ3n) is 4.71. The van der Waals surface area contributed by atoms with E-state index in [2.05, 4.69) is 19.2 Å². The number of hydrogen-bond donors (Lipinski definition) is 2. The molecule has 1 aliphatic heterocycles. The number of rotatable bonds is 3. The molecule has 3 rings (SSSR count). The maximum absolute atomic E-state index is 12.8. The molecule has 0 radical (unpaired) electrons. The molecule has 1 saturated heterocycles. The Morgan fingerprint density at radius 3 is 2.76 bits per heavy atom. The van der Waals surface area contributed by atoms with E-state index < -0.39 is 0 Å². The SMILES string of the molecule is CC(C)Nc1ccccc1C(=O)N1CC2CCC(O)C2C1. The molecular formula is C17H24N2O2. The van der Waals surface area contributed by atoms with Crippen LogP contribution in [0.4, 0.5) is 5.69 Å². The number of likely N-dealkylation sites (tertiary alicyclic amines) is 1. The van der Waals surface area contributed by atoms with Crippen LogP contribution in [0.1, 0.15) is 37.0 Å². The number of amides is 1.